The maximum absolute atomic E-state index is 4.21. The molecular formula is C23H39N3. The third-order valence-corrected chi connectivity index (χ3v) is 10.2. The Balaban J connectivity index is 1.15. The van der Waals surface area contributed by atoms with Gasteiger partial charge in [-0.3, -0.25) is 0 Å². The Labute approximate surface area is 159 Å². The number of hydrogen-bond donors (Lipinski definition) is 3. The van der Waals surface area contributed by atoms with Gasteiger partial charge in [0.15, 0.2) is 0 Å². The van der Waals surface area contributed by atoms with Gasteiger partial charge in [-0.05, 0) is 121 Å². The van der Waals surface area contributed by atoms with Crippen LogP contribution in [-0.4, -0.2) is 35.7 Å². The maximum atomic E-state index is 4.21. The molecule has 3 saturated carbocycles. The second-order valence-electron chi connectivity index (χ2n) is 11.9. The van der Waals surface area contributed by atoms with Crippen molar-refractivity contribution in [1.29, 1.82) is 0 Å². The highest BCUT2D eigenvalue weighted by molar-refractivity contribution is 5.14. The standard InChI is InChI=1S/C23H39N3/c1-21-10-17(11-21)20(26-21)13-23-6-3-15(4-7-23)19(14-25-23)16-9-18-5-8-24-22(18,2)12-16/h15-20,24-26H,3-14H2,1-2H3. The lowest BCUT2D eigenvalue weighted by molar-refractivity contribution is 0.166. The molecule has 5 saturated heterocycles. The summed E-state index contributed by atoms with van der Waals surface area (Å²) in [5.41, 5.74) is 1.44. The topological polar surface area (TPSA) is 36.1 Å². The smallest absolute Gasteiger partial charge is 0.0196 e. The van der Waals surface area contributed by atoms with Gasteiger partial charge in [0.1, 0.15) is 0 Å². The number of nitrogens with one attached hydrogen (secondary N) is 3. The SMILES string of the molecule is CC12CC(C1)C(CC13CCC(CC1)C(C1CC4CCNC4(C)C1)CN3)N2. The molecule has 0 aromatic carbocycles. The zero-order valence-corrected chi connectivity index (χ0v) is 16.9. The molecule has 5 heterocycles. The normalized spacial score (nSPS) is 60.7. The lowest BCUT2D eigenvalue weighted by Crippen LogP contribution is -2.50. The molecular weight excluding hydrogens is 318 g/mol. The van der Waals surface area contributed by atoms with Gasteiger partial charge in [0.25, 0.3) is 0 Å². The second kappa shape index (κ2) is 5.48. The molecule has 0 spiro atoms. The summed E-state index contributed by atoms with van der Waals surface area (Å²) in [7, 11) is 0. The van der Waals surface area contributed by atoms with E-state index < -0.39 is 0 Å². The summed E-state index contributed by atoms with van der Waals surface area (Å²) in [6, 6.07) is 0.801. The Morgan fingerprint density at radius 1 is 0.885 bits per heavy atom. The highest BCUT2D eigenvalue weighted by Gasteiger charge is 2.56. The molecule has 4 bridgehead atoms. The fourth-order valence-electron chi connectivity index (χ4n) is 8.76. The fraction of sp³-hybridized carbons (Fsp3) is 1.00. The molecule has 0 aromatic rings. The minimum atomic E-state index is 0.466. The molecule has 3 heteroatoms. The van der Waals surface area contributed by atoms with Crippen molar-refractivity contribution in [2.45, 2.75) is 101 Å². The van der Waals surface area contributed by atoms with E-state index in [1.807, 2.05) is 0 Å². The van der Waals surface area contributed by atoms with Gasteiger partial charge in [-0.2, -0.15) is 0 Å². The van der Waals surface area contributed by atoms with Crippen LogP contribution in [-0.2, 0) is 0 Å². The molecule has 5 unspecified atom stereocenters. The van der Waals surface area contributed by atoms with Crippen LogP contribution in [0.5, 0.6) is 0 Å². The van der Waals surface area contributed by atoms with Crippen molar-refractivity contribution >= 4 is 0 Å². The summed E-state index contributed by atoms with van der Waals surface area (Å²) in [6.07, 6.45) is 14.5. The van der Waals surface area contributed by atoms with Gasteiger partial charge >= 0.3 is 0 Å². The van der Waals surface area contributed by atoms with Gasteiger partial charge in [-0.15, -0.1) is 0 Å². The molecule has 5 atom stereocenters. The Hall–Kier alpha value is -0.120. The molecule has 5 aliphatic heterocycles. The van der Waals surface area contributed by atoms with Crippen molar-refractivity contribution in [2.75, 3.05) is 13.1 Å². The summed E-state index contributed by atoms with van der Waals surface area (Å²) >= 11 is 0. The predicted octanol–water partition coefficient (Wildman–Crippen LogP) is 3.44. The molecule has 3 aliphatic carbocycles. The van der Waals surface area contributed by atoms with Crippen molar-refractivity contribution in [3.8, 4) is 0 Å². The van der Waals surface area contributed by atoms with Crippen LogP contribution in [0.2, 0.25) is 0 Å². The van der Waals surface area contributed by atoms with Gasteiger partial charge in [0, 0.05) is 22.7 Å². The van der Waals surface area contributed by atoms with E-state index in [0.717, 1.165) is 35.6 Å². The monoisotopic (exact) mass is 357 g/mol. The zero-order chi connectivity index (χ0) is 17.6. The van der Waals surface area contributed by atoms with E-state index in [4.69, 9.17) is 0 Å². The van der Waals surface area contributed by atoms with Gasteiger partial charge < -0.3 is 16.0 Å². The molecule has 3 N–H and O–H groups in total. The third kappa shape index (κ3) is 2.42. The highest BCUT2D eigenvalue weighted by Crippen LogP contribution is 2.54. The van der Waals surface area contributed by atoms with Crippen LogP contribution >= 0.6 is 0 Å². The summed E-state index contributed by atoms with van der Waals surface area (Å²) in [6.45, 7) is 7.54. The van der Waals surface area contributed by atoms with Crippen LogP contribution in [0.1, 0.15) is 78.1 Å². The van der Waals surface area contributed by atoms with E-state index in [1.54, 1.807) is 0 Å². The average molecular weight is 358 g/mol. The first-order chi connectivity index (χ1) is 12.5. The van der Waals surface area contributed by atoms with E-state index in [2.05, 4.69) is 29.8 Å². The van der Waals surface area contributed by atoms with E-state index in [0.29, 0.717) is 16.6 Å². The number of hydrogen-bond acceptors (Lipinski definition) is 3. The van der Waals surface area contributed by atoms with Gasteiger partial charge in [-0.25, -0.2) is 0 Å². The van der Waals surface area contributed by atoms with Crippen LogP contribution < -0.4 is 16.0 Å². The molecule has 8 fully saturated rings. The van der Waals surface area contributed by atoms with E-state index in [1.165, 1.54) is 77.3 Å². The predicted molar refractivity (Wildman–Crippen MR) is 106 cm³/mol. The van der Waals surface area contributed by atoms with E-state index in [-0.39, 0.29) is 0 Å². The van der Waals surface area contributed by atoms with Crippen molar-refractivity contribution in [3.05, 3.63) is 0 Å². The molecule has 0 amide bonds. The Morgan fingerprint density at radius 2 is 1.69 bits per heavy atom. The first kappa shape index (κ1) is 16.8. The van der Waals surface area contributed by atoms with Gasteiger partial charge in [0.2, 0.25) is 0 Å². The van der Waals surface area contributed by atoms with Crippen LogP contribution in [0.3, 0.4) is 0 Å². The van der Waals surface area contributed by atoms with Crippen LogP contribution in [0.15, 0.2) is 0 Å². The minimum absolute atomic E-state index is 0.466. The van der Waals surface area contributed by atoms with Crippen molar-refractivity contribution in [2.24, 2.45) is 29.6 Å². The van der Waals surface area contributed by atoms with Crippen LogP contribution in [0, 0.1) is 29.6 Å². The molecule has 3 nitrogen and oxygen atoms in total. The summed E-state index contributed by atoms with van der Waals surface area (Å²) in [5.74, 6) is 4.87. The summed E-state index contributed by atoms with van der Waals surface area (Å²) in [5, 5.41) is 12.1. The van der Waals surface area contributed by atoms with E-state index >= 15 is 0 Å². The fourth-order valence-corrected chi connectivity index (χ4v) is 8.76. The lowest BCUT2D eigenvalue weighted by atomic mass is 9.67. The number of rotatable bonds is 3. The molecule has 0 radical (unpaired) electrons. The zero-order valence-electron chi connectivity index (χ0n) is 16.9. The maximum Gasteiger partial charge on any atom is 0.0196 e. The molecule has 0 aromatic heterocycles. The molecule has 146 valence electrons. The minimum Gasteiger partial charge on any atom is -0.311 e. The Kier molecular flexibility index (Phi) is 3.54. The van der Waals surface area contributed by atoms with Crippen molar-refractivity contribution in [1.82, 2.24) is 16.0 Å². The van der Waals surface area contributed by atoms with Crippen molar-refractivity contribution < 1.29 is 0 Å². The Morgan fingerprint density at radius 3 is 2.38 bits per heavy atom. The van der Waals surface area contributed by atoms with Crippen LogP contribution in [0.25, 0.3) is 0 Å². The molecule has 26 heavy (non-hydrogen) atoms. The second-order valence-corrected chi connectivity index (χ2v) is 11.9. The molecule has 8 aliphatic rings. The quantitative estimate of drug-likeness (QED) is 0.724. The highest BCUT2D eigenvalue weighted by atomic mass is 15.1. The van der Waals surface area contributed by atoms with Gasteiger partial charge in [0.05, 0.1) is 0 Å². The Bertz CT molecular complexity index is 574. The first-order valence-corrected chi connectivity index (χ1v) is 11.7. The summed E-state index contributed by atoms with van der Waals surface area (Å²) < 4.78 is 0. The largest absolute Gasteiger partial charge is 0.311 e. The number of fused-ring (bicyclic) bond motifs is 6. The third-order valence-electron chi connectivity index (χ3n) is 10.2. The van der Waals surface area contributed by atoms with Crippen LogP contribution in [0.4, 0.5) is 0 Å². The average Bonchev–Trinajstić information content (AvgIpc) is 3.19. The lowest BCUT2D eigenvalue weighted by Gasteiger charge is -2.40. The summed E-state index contributed by atoms with van der Waals surface area (Å²) in [4.78, 5) is 0. The molecule has 8 rings (SSSR count). The van der Waals surface area contributed by atoms with E-state index in [9.17, 15) is 0 Å². The van der Waals surface area contributed by atoms with Crippen molar-refractivity contribution in [3.63, 3.8) is 0 Å². The van der Waals surface area contributed by atoms with Gasteiger partial charge in [-0.1, -0.05) is 0 Å². The first-order valence-electron chi connectivity index (χ1n) is 11.7.